The third-order valence-corrected chi connectivity index (χ3v) is 2.59. The molecule has 0 aliphatic carbocycles. The Labute approximate surface area is 109 Å². The van der Waals surface area contributed by atoms with Gasteiger partial charge in [0.15, 0.2) is 5.82 Å². The number of anilines is 1. The quantitative estimate of drug-likeness (QED) is 0.838. The number of aryl methyl sites for hydroxylation is 1. The summed E-state index contributed by atoms with van der Waals surface area (Å²) in [6.45, 7) is 1.80. The largest absolute Gasteiger partial charge is 0.347 e. The van der Waals surface area contributed by atoms with Gasteiger partial charge in [0.05, 0.1) is 0 Å². The van der Waals surface area contributed by atoms with Crippen LogP contribution in [0.4, 0.5) is 10.3 Å². The zero-order valence-electron chi connectivity index (χ0n) is 10.3. The average molecular weight is 267 g/mol. The summed E-state index contributed by atoms with van der Waals surface area (Å²) < 4.78 is 13.1. The van der Waals surface area contributed by atoms with E-state index in [1.165, 1.54) is 12.1 Å². The zero-order valence-corrected chi connectivity index (χ0v) is 11.0. The zero-order chi connectivity index (χ0) is 13.3. The van der Waals surface area contributed by atoms with E-state index in [2.05, 4.69) is 15.0 Å². The number of aromatic nitrogens is 3. The van der Waals surface area contributed by atoms with E-state index in [0.717, 1.165) is 11.1 Å². The Bertz CT molecular complexity index is 586. The molecule has 0 amide bonds. The van der Waals surface area contributed by atoms with Gasteiger partial charge in [0.1, 0.15) is 5.82 Å². The molecular formula is C12H12ClFN4. The summed E-state index contributed by atoms with van der Waals surface area (Å²) >= 11 is 5.86. The molecule has 0 spiro atoms. The summed E-state index contributed by atoms with van der Waals surface area (Å²) in [6.07, 6.45) is 0. The smallest absolute Gasteiger partial charge is 0.229 e. The van der Waals surface area contributed by atoms with E-state index in [0.29, 0.717) is 11.8 Å². The maximum atomic E-state index is 13.1. The number of nitrogens with zero attached hydrogens (tertiary/aromatic N) is 4. The van der Waals surface area contributed by atoms with Crippen molar-refractivity contribution in [3.8, 4) is 11.4 Å². The fourth-order valence-electron chi connectivity index (χ4n) is 1.54. The van der Waals surface area contributed by atoms with Crippen molar-refractivity contribution < 1.29 is 4.39 Å². The number of hydrogen-bond donors (Lipinski definition) is 0. The van der Waals surface area contributed by atoms with Crippen molar-refractivity contribution in [1.29, 1.82) is 0 Å². The lowest BCUT2D eigenvalue weighted by Gasteiger charge is -2.12. The van der Waals surface area contributed by atoms with Gasteiger partial charge < -0.3 is 4.90 Å². The summed E-state index contributed by atoms with van der Waals surface area (Å²) in [5, 5.41) is 0.118. The summed E-state index contributed by atoms with van der Waals surface area (Å²) in [5.41, 5.74) is 1.49. The van der Waals surface area contributed by atoms with Gasteiger partial charge in [-0.2, -0.15) is 15.0 Å². The van der Waals surface area contributed by atoms with Gasteiger partial charge in [-0.15, -0.1) is 0 Å². The van der Waals surface area contributed by atoms with Crippen molar-refractivity contribution in [1.82, 2.24) is 15.0 Å². The Hall–Kier alpha value is -1.75. The van der Waals surface area contributed by atoms with E-state index in [1.54, 1.807) is 17.9 Å². The van der Waals surface area contributed by atoms with E-state index in [4.69, 9.17) is 11.6 Å². The van der Waals surface area contributed by atoms with Crippen molar-refractivity contribution in [3.63, 3.8) is 0 Å². The first-order chi connectivity index (χ1) is 8.47. The molecule has 0 N–H and O–H groups in total. The Balaban J connectivity index is 2.56. The SMILES string of the molecule is Cc1cc(F)ccc1-c1nc(Cl)nc(N(C)C)n1. The molecule has 18 heavy (non-hydrogen) atoms. The fraction of sp³-hybridized carbons (Fsp3) is 0.250. The van der Waals surface area contributed by atoms with E-state index in [-0.39, 0.29) is 11.1 Å². The topological polar surface area (TPSA) is 41.9 Å². The predicted octanol–water partition coefficient (Wildman–Crippen LogP) is 2.71. The Morgan fingerprint density at radius 3 is 2.50 bits per heavy atom. The third-order valence-electron chi connectivity index (χ3n) is 2.43. The van der Waals surface area contributed by atoms with Gasteiger partial charge in [-0.1, -0.05) is 0 Å². The van der Waals surface area contributed by atoms with E-state index < -0.39 is 0 Å². The van der Waals surface area contributed by atoms with Crippen LogP contribution in [-0.2, 0) is 0 Å². The molecule has 0 aliphatic heterocycles. The van der Waals surface area contributed by atoms with Crippen LogP contribution in [0.2, 0.25) is 5.28 Å². The molecule has 0 saturated heterocycles. The maximum absolute atomic E-state index is 13.1. The van der Waals surface area contributed by atoms with Crippen molar-refractivity contribution in [2.24, 2.45) is 0 Å². The van der Waals surface area contributed by atoms with Gasteiger partial charge in [0, 0.05) is 19.7 Å². The van der Waals surface area contributed by atoms with Crippen LogP contribution in [0.5, 0.6) is 0 Å². The number of halogens is 2. The molecule has 0 fully saturated rings. The van der Waals surface area contributed by atoms with E-state index >= 15 is 0 Å². The van der Waals surface area contributed by atoms with Gasteiger partial charge in [0.25, 0.3) is 0 Å². The molecule has 4 nitrogen and oxygen atoms in total. The first kappa shape index (κ1) is 12.7. The van der Waals surface area contributed by atoms with Crippen LogP contribution < -0.4 is 4.90 Å². The van der Waals surface area contributed by atoms with Crippen LogP contribution >= 0.6 is 11.6 Å². The van der Waals surface area contributed by atoms with Crippen molar-refractivity contribution >= 4 is 17.5 Å². The highest BCUT2D eigenvalue weighted by Gasteiger charge is 2.11. The second-order valence-corrected chi connectivity index (χ2v) is 4.42. The molecule has 0 aliphatic rings. The molecule has 0 radical (unpaired) electrons. The van der Waals surface area contributed by atoms with Crippen LogP contribution in [0.25, 0.3) is 11.4 Å². The van der Waals surface area contributed by atoms with E-state index in [9.17, 15) is 4.39 Å². The first-order valence-electron chi connectivity index (χ1n) is 5.33. The van der Waals surface area contributed by atoms with Gasteiger partial charge in [-0.3, -0.25) is 0 Å². The van der Waals surface area contributed by atoms with Gasteiger partial charge in [-0.05, 0) is 42.3 Å². The predicted molar refractivity (Wildman–Crippen MR) is 69.3 cm³/mol. The van der Waals surface area contributed by atoms with E-state index in [1.807, 2.05) is 14.1 Å². The number of benzene rings is 1. The molecule has 2 rings (SSSR count). The first-order valence-corrected chi connectivity index (χ1v) is 5.70. The standard InChI is InChI=1S/C12H12ClFN4/c1-7-6-8(14)4-5-9(7)10-15-11(13)17-12(16-10)18(2)3/h4-6H,1-3H3. The Morgan fingerprint density at radius 1 is 1.17 bits per heavy atom. The van der Waals surface area contributed by atoms with Gasteiger partial charge >= 0.3 is 0 Å². The minimum Gasteiger partial charge on any atom is -0.347 e. The molecule has 0 unspecified atom stereocenters. The highest BCUT2D eigenvalue weighted by atomic mass is 35.5. The molecule has 0 atom stereocenters. The van der Waals surface area contributed by atoms with Crippen molar-refractivity contribution in [2.75, 3.05) is 19.0 Å². The lowest BCUT2D eigenvalue weighted by molar-refractivity contribution is 0.627. The number of rotatable bonds is 2. The molecule has 94 valence electrons. The lowest BCUT2D eigenvalue weighted by Crippen LogP contribution is -2.14. The monoisotopic (exact) mass is 266 g/mol. The summed E-state index contributed by atoms with van der Waals surface area (Å²) in [4.78, 5) is 14.1. The molecule has 2 aromatic rings. The fourth-order valence-corrected chi connectivity index (χ4v) is 1.69. The molecule has 0 saturated carbocycles. The summed E-state index contributed by atoms with van der Waals surface area (Å²) in [6, 6.07) is 4.44. The Morgan fingerprint density at radius 2 is 1.89 bits per heavy atom. The van der Waals surface area contributed by atoms with Crippen LogP contribution in [-0.4, -0.2) is 29.0 Å². The minimum absolute atomic E-state index is 0.118. The second kappa shape index (κ2) is 4.86. The normalized spacial score (nSPS) is 10.5. The molecule has 1 heterocycles. The van der Waals surface area contributed by atoms with Crippen LogP contribution in [0.1, 0.15) is 5.56 Å². The van der Waals surface area contributed by atoms with Crippen molar-refractivity contribution in [2.45, 2.75) is 6.92 Å². The lowest BCUT2D eigenvalue weighted by atomic mass is 10.1. The van der Waals surface area contributed by atoms with Gasteiger partial charge in [-0.25, -0.2) is 4.39 Å². The van der Waals surface area contributed by atoms with Gasteiger partial charge in [0.2, 0.25) is 11.2 Å². The molecule has 0 bridgehead atoms. The average Bonchev–Trinajstić information content (AvgIpc) is 2.27. The molecular weight excluding hydrogens is 255 g/mol. The molecule has 6 heteroatoms. The van der Waals surface area contributed by atoms with Crippen LogP contribution in [0, 0.1) is 12.7 Å². The minimum atomic E-state index is -0.288. The highest BCUT2D eigenvalue weighted by molar-refractivity contribution is 6.28. The third kappa shape index (κ3) is 2.56. The maximum Gasteiger partial charge on any atom is 0.229 e. The number of hydrogen-bond acceptors (Lipinski definition) is 4. The summed E-state index contributed by atoms with van der Waals surface area (Å²) in [7, 11) is 3.62. The van der Waals surface area contributed by atoms with Crippen LogP contribution in [0.3, 0.4) is 0 Å². The second-order valence-electron chi connectivity index (χ2n) is 4.08. The Kier molecular flexibility index (Phi) is 3.43. The van der Waals surface area contributed by atoms with Crippen molar-refractivity contribution in [3.05, 3.63) is 34.9 Å². The molecule has 1 aromatic carbocycles. The van der Waals surface area contributed by atoms with Crippen LogP contribution in [0.15, 0.2) is 18.2 Å². The summed E-state index contributed by atoms with van der Waals surface area (Å²) in [5.74, 6) is 0.620. The molecule has 1 aromatic heterocycles. The highest BCUT2D eigenvalue weighted by Crippen LogP contribution is 2.23.